The Bertz CT molecular complexity index is 338. The van der Waals surface area contributed by atoms with Crippen molar-refractivity contribution in [1.82, 2.24) is 0 Å². The fourth-order valence-electron chi connectivity index (χ4n) is 1.05. The molecule has 82 valence electrons. The highest BCUT2D eigenvalue weighted by molar-refractivity contribution is 5.71. The van der Waals surface area contributed by atoms with Crippen molar-refractivity contribution in [2.45, 2.75) is 6.92 Å². The molecule has 0 aliphatic heterocycles. The van der Waals surface area contributed by atoms with Crippen molar-refractivity contribution in [3.8, 4) is 5.75 Å². The lowest BCUT2D eigenvalue weighted by molar-refractivity contribution is -0.145. The highest BCUT2D eigenvalue weighted by Gasteiger charge is 2.13. The maximum atomic E-state index is 12.7. The Labute approximate surface area is 87.8 Å². The van der Waals surface area contributed by atoms with Crippen molar-refractivity contribution in [1.29, 1.82) is 0 Å². The normalized spacial score (nSPS) is 11.9. The van der Waals surface area contributed by atoms with E-state index in [9.17, 15) is 9.18 Å². The molecule has 4 heteroatoms. The summed E-state index contributed by atoms with van der Waals surface area (Å²) in [5.41, 5.74) is 0. The summed E-state index contributed by atoms with van der Waals surface area (Å²) in [6.45, 7) is 1.86. The van der Waals surface area contributed by atoms with Crippen LogP contribution in [0.15, 0.2) is 24.3 Å². The summed E-state index contributed by atoms with van der Waals surface area (Å²) in [5.74, 6) is -0.659. The van der Waals surface area contributed by atoms with E-state index in [1.807, 2.05) is 0 Å². The quantitative estimate of drug-likeness (QED) is 0.716. The van der Waals surface area contributed by atoms with Crippen LogP contribution < -0.4 is 4.74 Å². The Hall–Kier alpha value is -1.58. The molecule has 0 saturated carbocycles. The Morgan fingerprint density at radius 2 is 2.27 bits per heavy atom. The van der Waals surface area contributed by atoms with Crippen LogP contribution in [0.25, 0.3) is 0 Å². The number of esters is 1. The van der Waals surface area contributed by atoms with E-state index in [2.05, 4.69) is 4.74 Å². The average Bonchev–Trinajstić information content (AvgIpc) is 2.25. The van der Waals surface area contributed by atoms with Crippen molar-refractivity contribution in [2.24, 2.45) is 5.92 Å². The minimum Gasteiger partial charge on any atom is -0.493 e. The monoisotopic (exact) mass is 212 g/mol. The summed E-state index contributed by atoms with van der Waals surface area (Å²) in [4.78, 5) is 11.0. The van der Waals surface area contributed by atoms with E-state index in [0.29, 0.717) is 5.75 Å². The van der Waals surface area contributed by atoms with Crippen LogP contribution in [0.4, 0.5) is 4.39 Å². The molecule has 0 radical (unpaired) electrons. The zero-order valence-corrected chi connectivity index (χ0v) is 8.70. The van der Waals surface area contributed by atoms with Crippen molar-refractivity contribution >= 4 is 5.97 Å². The molecule has 1 unspecified atom stereocenters. The first kappa shape index (κ1) is 11.5. The number of ether oxygens (including phenoxy) is 2. The van der Waals surface area contributed by atoms with Crippen LogP contribution in [0.1, 0.15) is 6.92 Å². The van der Waals surface area contributed by atoms with Gasteiger partial charge in [0.1, 0.15) is 18.2 Å². The molecular formula is C11H13FO3. The van der Waals surface area contributed by atoms with Gasteiger partial charge < -0.3 is 9.47 Å². The van der Waals surface area contributed by atoms with Gasteiger partial charge in [-0.2, -0.15) is 0 Å². The Kier molecular flexibility index (Phi) is 4.09. The van der Waals surface area contributed by atoms with E-state index in [1.165, 1.54) is 19.2 Å². The Balaban J connectivity index is 2.47. The van der Waals surface area contributed by atoms with Gasteiger partial charge in [-0.15, -0.1) is 0 Å². The Morgan fingerprint density at radius 3 is 2.87 bits per heavy atom. The molecule has 1 rings (SSSR count). The van der Waals surface area contributed by atoms with E-state index in [0.717, 1.165) is 0 Å². The van der Waals surface area contributed by atoms with Crippen LogP contribution in [-0.2, 0) is 9.53 Å². The zero-order chi connectivity index (χ0) is 11.3. The minimum absolute atomic E-state index is 0.177. The van der Waals surface area contributed by atoms with E-state index in [1.54, 1.807) is 19.1 Å². The van der Waals surface area contributed by atoms with E-state index < -0.39 is 0 Å². The van der Waals surface area contributed by atoms with Gasteiger partial charge in [0.2, 0.25) is 0 Å². The average molecular weight is 212 g/mol. The van der Waals surface area contributed by atoms with Crippen LogP contribution in [0.2, 0.25) is 0 Å². The third kappa shape index (κ3) is 3.58. The summed E-state index contributed by atoms with van der Waals surface area (Å²) in [6.07, 6.45) is 0. The fourth-order valence-corrected chi connectivity index (χ4v) is 1.05. The van der Waals surface area contributed by atoms with Crippen LogP contribution in [-0.4, -0.2) is 19.7 Å². The maximum Gasteiger partial charge on any atom is 0.311 e. The molecule has 15 heavy (non-hydrogen) atoms. The molecule has 0 saturated heterocycles. The summed E-state index contributed by atoms with van der Waals surface area (Å²) in [6, 6.07) is 5.78. The minimum atomic E-state index is -0.363. The smallest absolute Gasteiger partial charge is 0.311 e. The second-order valence-corrected chi connectivity index (χ2v) is 3.19. The van der Waals surface area contributed by atoms with Crippen LogP contribution in [0.5, 0.6) is 5.75 Å². The van der Waals surface area contributed by atoms with Gasteiger partial charge in [0.25, 0.3) is 0 Å². The summed E-state index contributed by atoms with van der Waals surface area (Å²) < 4.78 is 22.5. The fraction of sp³-hybridized carbons (Fsp3) is 0.364. The number of methoxy groups -OCH3 is 1. The molecule has 1 aromatic rings. The molecule has 0 spiro atoms. The number of carbonyl (C=O) groups excluding carboxylic acids is 1. The van der Waals surface area contributed by atoms with Crippen molar-refractivity contribution < 1.29 is 18.7 Å². The number of benzene rings is 1. The molecule has 0 aromatic heterocycles. The van der Waals surface area contributed by atoms with Gasteiger partial charge in [-0.05, 0) is 19.1 Å². The second kappa shape index (κ2) is 5.34. The topological polar surface area (TPSA) is 35.5 Å². The first-order chi connectivity index (χ1) is 7.13. The molecule has 0 amide bonds. The number of rotatable bonds is 4. The second-order valence-electron chi connectivity index (χ2n) is 3.19. The van der Waals surface area contributed by atoms with E-state index >= 15 is 0 Å². The molecule has 0 fully saturated rings. The van der Waals surface area contributed by atoms with Crippen LogP contribution >= 0.6 is 0 Å². The standard InChI is InChI=1S/C11H13FO3/c1-8(11(13)14-2)7-15-10-5-3-4-9(12)6-10/h3-6,8H,7H2,1-2H3. The summed E-state index contributed by atoms with van der Waals surface area (Å²) in [7, 11) is 1.32. The lowest BCUT2D eigenvalue weighted by Gasteiger charge is -2.10. The van der Waals surface area contributed by atoms with Gasteiger partial charge in [0, 0.05) is 6.07 Å². The predicted molar refractivity (Wildman–Crippen MR) is 53.1 cm³/mol. The lowest BCUT2D eigenvalue weighted by atomic mass is 10.2. The van der Waals surface area contributed by atoms with Crippen molar-refractivity contribution in [2.75, 3.05) is 13.7 Å². The summed E-state index contributed by atoms with van der Waals surface area (Å²) in [5, 5.41) is 0. The third-order valence-corrected chi connectivity index (χ3v) is 1.90. The highest BCUT2D eigenvalue weighted by atomic mass is 19.1. The predicted octanol–water partition coefficient (Wildman–Crippen LogP) is 2.01. The molecule has 1 aromatic carbocycles. The molecule has 0 aliphatic rings. The summed E-state index contributed by atoms with van der Waals surface area (Å²) >= 11 is 0. The van der Waals surface area contributed by atoms with Gasteiger partial charge in [-0.3, -0.25) is 4.79 Å². The maximum absolute atomic E-state index is 12.7. The number of hydrogen-bond donors (Lipinski definition) is 0. The zero-order valence-electron chi connectivity index (χ0n) is 8.70. The van der Waals surface area contributed by atoms with Gasteiger partial charge >= 0.3 is 5.97 Å². The first-order valence-electron chi connectivity index (χ1n) is 4.59. The molecule has 0 heterocycles. The van der Waals surface area contributed by atoms with Crippen molar-refractivity contribution in [3.05, 3.63) is 30.1 Å². The largest absolute Gasteiger partial charge is 0.493 e. The number of hydrogen-bond acceptors (Lipinski definition) is 3. The number of halogens is 1. The SMILES string of the molecule is COC(=O)C(C)COc1cccc(F)c1. The molecule has 3 nitrogen and oxygen atoms in total. The Morgan fingerprint density at radius 1 is 1.53 bits per heavy atom. The molecular weight excluding hydrogens is 199 g/mol. The van der Waals surface area contributed by atoms with Crippen LogP contribution in [0.3, 0.4) is 0 Å². The van der Waals surface area contributed by atoms with Gasteiger partial charge in [0.15, 0.2) is 0 Å². The van der Waals surface area contributed by atoms with Gasteiger partial charge in [-0.25, -0.2) is 4.39 Å². The molecule has 0 N–H and O–H groups in total. The third-order valence-electron chi connectivity index (χ3n) is 1.90. The van der Waals surface area contributed by atoms with E-state index in [-0.39, 0.29) is 24.3 Å². The van der Waals surface area contributed by atoms with Crippen molar-refractivity contribution in [3.63, 3.8) is 0 Å². The molecule has 0 bridgehead atoms. The number of carbonyl (C=O) groups is 1. The van der Waals surface area contributed by atoms with Crippen LogP contribution in [0, 0.1) is 11.7 Å². The lowest BCUT2D eigenvalue weighted by Crippen LogP contribution is -2.19. The van der Waals surface area contributed by atoms with Gasteiger partial charge in [0.05, 0.1) is 13.0 Å². The molecule has 1 atom stereocenters. The van der Waals surface area contributed by atoms with E-state index in [4.69, 9.17) is 4.74 Å². The van der Waals surface area contributed by atoms with Gasteiger partial charge in [-0.1, -0.05) is 6.07 Å². The molecule has 0 aliphatic carbocycles. The highest BCUT2D eigenvalue weighted by Crippen LogP contribution is 2.13. The first-order valence-corrected chi connectivity index (χ1v) is 4.59.